The van der Waals surface area contributed by atoms with Gasteiger partial charge >= 0.3 is 6.18 Å². The largest absolute Gasteiger partial charge is 0.416 e. The minimum Gasteiger partial charge on any atom is -0.392 e. The number of nitriles is 1. The second kappa shape index (κ2) is 4.39. The summed E-state index contributed by atoms with van der Waals surface area (Å²) in [4.78, 5) is 9.53. The summed E-state index contributed by atoms with van der Waals surface area (Å²) in [5.74, 6) is 0. The number of nitro groups is 1. The summed E-state index contributed by atoms with van der Waals surface area (Å²) in [5, 5.41) is 28.0. The zero-order chi connectivity index (χ0) is 13.2. The lowest BCUT2D eigenvalue weighted by molar-refractivity contribution is -0.385. The number of alkyl halides is 3. The molecule has 0 bridgehead atoms. The average Bonchev–Trinajstić information content (AvgIpc) is 2.25. The molecule has 0 radical (unpaired) electrons. The Balaban J connectivity index is 3.62. The van der Waals surface area contributed by atoms with E-state index in [0.717, 1.165) is 0 Å². The van der Waals surface area contributed by atoms with Gasteiger partial charge in [-0.05, 0) is 6.07 Å². The second-order valence-electron chi connectivity index (χ2n) is 3.01. The standard InChI is InChI=1S/C9H5F3N2O3/c10-9(11,12)7-1-2-8(14(16)17)5(3-13)6(7)4-15/h1-2,15H,4H2. The molecule has 1 aromatic carbocycles. The number of benzene rings is 1. The Hall–Kier alpha value is -2.14. The van der Waals surface area contributed by atoms with Crippen LogP contribution in [0, 0.1) is 21.4 Å². The molecule has 90 valence electrons. The Morgan fingerprint density at radius 2 is 2.06 bits per heavy atom. The van der Waals surface area contributed by atoms with Gasteiger partial charge in [0.1, 0.15) is 11.6 Å². The van der Waals surface area contributed by atoms with Gasteiger partial charge in [0, 0.05) is 11.6 Å². The van der Waals surface area contributed by atoms with Crippen molar-refractivity contribution < 1.29 is 23.2 Å². The number of aliphatic hydroxyl groups excluding tert-OH is 1. The molecule has 0 aliphatic heterocycles. The van der Waals surface area contributed by atoms with Gasteiger partial charge in [-0.25, -0.2) is 0 Å². The molecule has 0 unspecified atom stereocenters. The van der Waals surface area contributed by atoms with Gasteiger partial charge in [0.25, 0.3) is 5.69 Å². The van der Waals surface area contributed by atoms with E-state index in [1.165, 1.54) is 6.07 Å². The van der Waals surface area contributed by atoms with Crippen molar-refractivity contribution in [3.8, 4) is 6.07 Å². The van der Waals surface area contributed by atoms with Gasteiger partial charge in [0.05, 0.1) is 17.1 Å². The van der Waals surface area contributed by atoms with Crippen molar-refractivity contribution in [2.24, 2.45) is 0 Å². The van der Waals surface area contributed by atoms with E-state index in [2.05, 4.69) is 0 Å². The molecule has 0 saturated carbocycles. The highest BCUT2D eigenvalue weighted by atomic mass is 19.4. The van der Waals surface area contributed by atoms with E-state index in [-0.39, 0.29) is 0 Å². The predicted molar refractivity (Wildman–Crippen MR) is 48.7 cm³/mol. The molecule has 0 amide bonds. The van der Waals surface area contributed by atoms with Crippen LogP contribution in [-0.4, -0.2) is 10.0 Å². The number of hydrogen-bond donors (Lipinski definition) is 1. The van der Waals surface area contributed by atoms with Crippen LogP contribution in [0.25, 0.3) is 0 Å². The number of nitro benzene ring substituents is 1. The smallest absolute Gasteiger partial charge is 0.392 e. The van der Waals surface area contributed by atoms with E-state index < -0.39 is 40.1 Å². The van der Waals surface area contributed by atoms with Crippen molar-refractivity contribution in [1.82, 2.24) is 0 Å². The zero-order valence-corrected chi connectivity index (χ0v) is 8.15. The SMILES string of the molecule is N#Cc1c([N+](=O)[O-])ccc(C(F)(F)F)c1CO. The summed E-state index contributed by atoms with van der Waals surface area (Å²) >= 11 is 0. The zero-order valence-electron chi connectivity index (χ0n) is 8.15. The molecule has 17 heavy (non-hydrogen) atoms. The predicted octanol–water partition coefficient (Wildman–Crippen LogP) is 1.98. The van der Waals surface area contributed by atoms with Crippen LogP contribution in [0.1, 0.15) is 16.7 Å². The lowest BCUT2D eigenvalue weighted by Gasteiger charge is -2.12. The minimum atomic E-state index is -4.78. The summed E-state index contributed by atoms with van der Waals surface area (Å²) in [5.41, 5.74) is -3.56. The Labute approximate surface area is 92.9 Å². The lowest BCUT2D eigenvalue weighted by Crippen LogP contribution is -2.12. The van der Waals surface area contributed by atoms with Crippen LogP contribution < -0.4 is 0 Å². The van der Waals surface area contributed by atoms with Gasteiger partial charge < -0.3 is 5.11 Å². The highest BCUT2D eigenvalue weighted by Crippen LogP contribution is 2.36. The first-order valence-electron chi connectivity index (χ1n) is 4.21. The minimum absolute atomic E-state index is 0.477. The van der Waals surface area contributed by atoms with Gasteiger partial charge in [-0.15, -0.1) is 0 Å². The lowest BCUT2D eigenvalue weighted by atomic mass is 10.00. The maximum Gasteiger partial charge on any atom is 0.416 e. The Morgan fingerprint density at radius 3 is 2.41 bits per heavy atom. The molecule has 0 aliphatic carbocycles. The van der Waals surface area contributed by atoms with Crippen LogP contribution >= 0.6 is 0 Å². The Morgan fingerprint density at radius 1 is 1.47 bits per heavy atom. The molecular weight excluding hydrogens is 241 g/mol. The molecule has 1 aromatic rings. The van der Waals surface area contributed by atoms with Crippen LogP contribution in [-0.2, 0) is 12.8 Å². The molecule has 0 aliphatic rings. The Kier molecular flexibility index (Phi) is 3.34. The van der Waals surface area contributed by atoms with Crippen molar-refractivity contribution >= 4 is 5.69 Å². The normalized spacial score (nSPS) is 11.0. The van der Waals surface area contributed by atoms with Crippen LogP contribution in [0.3, 0.4) is 0 Å². The van der Waals surface area contributed by atoms with Gasteiger partial charge in [0.15, 0.2) is 0 Å². The topological polar surface area (TPSA) is 87.2 Å². The fourth-order valence-corrected chi connectivity index (χ4v) is 1.34. The van der Waals surface area contributed by atoms with Crippen molar-refractivity contribution in [1.29, 1.82) is 5.26 Å². The van der Waals surface area contributed by atoms with Gasteiger partial charge in [-0.2, -0.15) is 18.4 Å². The Bertz CT molecular complexity index is 505. The molecule has 1 N–H and O–H groups in total. The van der Waals surface area contributed by atoms with Gasteiger partial charge in [-0.1, -0.05) is 0 Å². The maximum atomic E-state index is 12.5. The summed E-state index contributed by atoms with van der Waals surface area (Å²) in [6.45, 7) is -1.10. The fourth-order valence-electron chi connectivity index (χ4n) is 1.34. The molecular formula is C9H5F3N2O3. The highest BCUT2D eigenvalue weighted by Gasteiger charge is 2.36. The molecule has 0 aromatic heterocycles. The summed E-state index contributed by atoms with van der Waals surface area (Å²) < 4.78 is 37.5. The van der Waals surface area contributed by atoms with Crippen molar-refractivity contribution in [3.63, 3.8) is 0 Å². The molecule has 0 heterocycles. The number of hydrogen-bond acceptors (Lipinski definition) is 4. The van der Waals surface area contributed by atoms with E-state index in [4.69, 9.17) is 10.4 Å². The summed E-state index contributed by atoms with van der Waals surface area (Å²) in [6, 6.07) is 2.38. The third kappa shape index (κ3) is 2.34. The summed E-state index contributed by atoms with van der Waals surface area (Å²) in [7, 11) is 0. The van der Waals surface area contributed by atoms with E-state index in [9.17, 15) is 23.3 Å². The maximum absolute atomic E-state index is 12.5. The molecule has 0 spiro atoms. The molecule has 5 nitrogen and oxygen atoms in total. The molecule has 0 atom stereocenters. The summed E-state index contributed by atoms with van der Waals surface area (Å²) in [6.07, 6.45) is -4.78. The molecule has 0 saturated heterocycles. The third-order valence-electron chi connectivity index (χ3n) is 2.06. The second-order valence-corrected chi connectivity index (χ2v) is 3.01. The van der Waals surface area contributed by atoms with E-state index in [1.807, 2.05) is 0 Å². The number of aliphatic hydroxyl groups is 1. The monoisotopic (exact) mass is 246 g/mol. The van der Waals surface area contributed by atoms with Gasteiger partial charge in [0.2, 0.25) is 0 Å². The van der Waals surface area contributed by atoms with Crippen LogP contribution in [0.2, 0.25) is 0 Å². The highest BCUT2D eigenvalue weighted by molar-refractivity contribution is 5.56. The average molecular weight is 246 g/mol. The van der Waals surface area contributed by atoms with Crippen LogP contribution in [0.15, 0.2) is 12.1 Å². The van der Waals surface area contributed by atoms with Crippen LogP contribution in [0.4, 0.5) is 18.9 Å². The first kappa shape index (κ1) is 12.9. The number of halogens is 3. The number of rotatable bonds is 2. The number of nitrogens with zero attached hydrogens (tertiary/aromatic N) is 2. The van der Waals surface area contributed by atoms with Crippen molar-refractivity contribution in [3.05, 3.63) is 38.9 Å². The van der Waals surface area contributed by atoms with E-state index >= 15 is 0 Å². The third-order valence-corrected chi connectivity index (χ3v) is 2.06. The molecule has 1 rings (SSSR count). The fraction of sp³-hybridized carbons (Fsp3) is 0.222. The van der Waals surface area contributed by atoms with E-state index in [0.29, 0.717) is 12.1 Å². The van der Waals surface area contributed by atoms with Crippen molar-refractivity contribution in [2.75, 3.05) is 0 Å². The quantitative estimate of drug-likeness (QED) is 0.638. The molecule has 8 heteroatoms. The van der Waals surface area contributed by atoms with Crippen molar-refractivity contribution in [2.45, 2.75) is 12.8 Å². The van der Waals surface area contributed by atoms with Gasteiger partial charge in [-0.3, -0.25) is 10.1 Å². The van der Waals surface area contributed by atoms with Crippen LogP contribution in [0.5, 0.6) is 0 Å². The molecule has 0 fully saturated rings. The first-order chi connectivity index (χ1) is 7.82. The van der Waals surface area contributed by atoms with E-state index in [1.54, 1.807) is 0 Å². The first-order valence-corrected chi connectivity index (χ1v) is 4.21.